The summed E-state index contributed by atoms with van der Waals surface area (Å²) in [6, 6.07) is 16.0. The molecule has 1 N–H and O–H groups in total. The lowest BCUT2D eigenvalue weighted by Gasteiger charge is -2.29. The van der Waals surface area contributed by atoms with E-state index in [1.54, 1.807) is 0 Å². The number of ether oxygens (including phenoxy) is 2. The van der Waals surface area contributed by atoms with Gasteiger partial charge >= 0.3 is 0 Å². The molecule has 2 saturated heterocycles. The Morgan fingerprint density at radius 2 is 1.81 bits per heavy atom. The van der Waals surface area contributed by atoms with Crippen molar-refractivity contribution in [2.75, 3.05) is 32.8 Å². The first-order valence-corrected chi connectivity index (χ1v) is 9.27. The quantitative estimate of drug-likeness (QED) is 0.904. The van der Waals surface area contributed by atoms with E-state index in [-0.39, 0.29) is 11.9 Å². The van der Waals surface area contributed by atoms with Gasteiger partial charge in [0.2, 0.25) is 0 Å². The van der Waals surface area contributed by atoms with Crippen molar-refractivity contribution >= 4 is 5.91 Å². The van der Waals surface area contributed by atoms with Crippen LogP contribution >= 0.6 is 0 Å². The van der Waals surface area contributed by atoms with Crippen molar-refractivity contribution in [1.82, 2.24) is 10.2 Å². The Morgan fingerprint density at radius 3 is 2.65 bits per heavy atom. The molecule has 3 aliphatic heterocycles. The summed E-state index contributed by atoms with van der Waals surface area (Å²) in [5, 5.41) is 3.49. The van der Waals surface area contributed by atoms with Gasteiger partial charge in [0.15, 0.2) is 11.5 Å². The Labute approximate surface area is 152 Å². The van der Waals surface area contributed by atoms with E-state index in [1.807, 2.05) is 24.3 Å². The van der Waals surface area contributed by atoms with E-state index < -0.39 is 0 Å². The summed E-state index contributed by atoms with van der Waals surface area (Å²) in [7, 11) is 0. The number of nitrogens with zero attached hydrogens (tertiary/aromatic N) is 1. The van der Waals surface area contributed by atoms with E-state index in [0.717, 1.165) is 25.4 Å². The van der Waals surface area contributed by atoms with E-state index in [9.17, 15) is 4.79 Å². The molecule has 0 aromatic heterocycles. The topological polar surface area (TPSA) is 50.8 Å². The molecule has 5 heteroatoms. The van der Waals surface area contributed by atoms with Crippen LogP contribution in [0.3, 0.4) is 0 Å². The van der Waals surface area contributed by atoms with Gasteiger partial charge < -0.3 is 19.7 Å². The van der Waals surface area contributed by atoms with Crippen molar-refractivity contribution in [3.05, 3.63) is 59.7 Å². The van der Waals surface area contributed by atoms with Crippen LogP contribution in [0.1, 0.15) is 22.0 Å². The number of benzene rings is 2. The second-order valence-corrected chi connectivity index (χ2v) is 7.25. The standard InChI is InChI=1S/C21H22N2O3/c24-21(15-6-7-18-19(10-15)26-9-8-25-18)23-13-16-11-22-12-17(16)20(23)14-4-2-1-3-5-14/h1-7,10,16-17,20,22H,8-9,11-13H2/t16-,17-,20-/m0/s1. The number of fused-ring (bicyclic) bond motifs is 2. The Bertz CT molecular complexity index is 823. The van der Waals surface area contributed by atoms with E-state index in [0.29, 0.717) is 36.4 Å². The number of hydrogen-bond acceptors (Lipinski definition) is 4. The van der Waals surface area contributed by atoms with Crippen molar-refractivity contribution in [3.63, 3.8) is 0 Å². The number of carbonyl (C=O) groups excluding carboxylic acids is 1. The highest BCUT2D eigenvalue weighted by Gasteiger charge is 2.46. The van der Waals surface area contributed by atoms with Gasteiger partial charge in [0.25, 0.3) is 5.91 Å². The first-order valence-electron chi connectivity index (χ1n) is 9.27. The molecular formula is C21H22N2O3. The minimum Gasteiger partial charge on any atom is -0.486 e. The molecule has 3 heterocycles. The van der Waals surface area contributed by atoms with Crippen LogP contribution in [0.15, 0.2) is 48.5 Å². The van der Waals surface area contributed by atoms with Gasteiger partial charge in [-0.3, -0.25) is 4.79 Å². The molecule has 3 atom stereocenters. The maximum atomic E-state index is 13.4. The minimum atomic E-state index is 0.0743. The first kappa shape index (κ1) is 15.7. The number of likely N-dealkylation sites (tertiary alicyclic amines) is 1. The highest BCUT2D eigenvalue weighted by molar-refractivity contribution is 5.95. The molecule has 26 heavy (non-hydrogen) atoms. The fourth-order valence-corrected chi connectivity index (χ4v) is 4.55. The third kappa shape index (κ3) is 2.54. The monoisotopic (exact) mass is 350 g/mol. The first-order chi connectivity index (χ1) is 12.8. The van der Waals surface area contributed by atoms with Crippen molar-refractivity contribution in [2.24, 2.45) is 11.8 Å². The summed E-state index contributed by atoms with van der Waals surface area (Å²) in [6.45, 7) is 3.83. The van der Waals surface area contributed by atoms with E-state index >= 15 is 0 Å². The highest BCUT2D eigenvalue weighted by Crippen LogP contribution is 2.43. The van der Waals surface area contributed by atoms with Crippen LogP contribution < -0.4 is 14.8 Å². The lowest BCUT2D eigenvalue weighted by molar-refractivity contribution is 0.0713. The van der Waals surface area contributed by atoms with Gasteiger partial charge in [0, 0.05) is 31.1 Å². The molecule has 3 aliphatic rings. The minimum absolute atomic E-state index is 0.0743. The molecule has 2 aromatic carbocycles. The van der Waals surface area contributed by atoms with E-state index in [1.165, 1.54) is 5.56 Å². The second-order valence-electron chi connectivity index (χ2n) is 7.25. The Hall–Kier alpha value is -2.53. The smallest absolute Gasteiger partial charge is 0.254 e. The predicted octanol–water partition coefficient (Wildman–Crippen LogP) is 2.49. The van der Waals surface area contributed by atoms with E-state index in [2.05, 4.69) is 34.5 Å². The van der Waals surface area contributed by atoms with Crippen LogP contribution in [0.2, 0.25) is 0 Å². The zero-order chi connectivity index (χ0) is 17.5. The number of rotatable bonds is 2. The van der Waals surface area contributed by atoms with Gasteiger partial charge in [0.05, 0.1) is 6.04 Å². The normalized spacial score (nSPS) is 26.6. The summed E-state index contributed by atoms with van der Waals surface area (Å²) < 4.78 is 11.2. The lowest BCUT2D eigenvalue weighted by atomic mass is 9.89. The number of carbonyl (C=O) groups is 1. The molecule has 2 aromatic rings. The SMILES string of the molecule is O=C(c1ccc2c(c1)OCCO2)N1C[C@@H]2CNC[C@@H]2[C@@H]1c1ccccc1. The molecule has 0 unspecified atom stereocenters. The summed E-state index contributed by atoms with van der Waals surface area (Å²) in [5.41, 5.74) is 1.89. The van der Waals surface area contributed by atoms with Gasteiger partial charge in [0.1, 0.15) is 13.2 Å². The third-order valence-corrected chi connectivity index (χ3v) is 5.76. The molecule has 1 amide bonds. The molecule has 5 nitrogen and oxygen atoms in total. The average molecular weight is 350 g/mol. The third-order valence-electron chi connectivity index (χ3n) is 5.76. The van der Waals surface area contributed by atoms with Crippen molar-refractivity contribution in [2.45, 2.75) is 6.04 Å². The molecule has 0 radical (unpaired) electrons. The zero-order valence-electron chi connectivity index (χ0n) is 14.6. The summed E-state index contributed by atoms with van der Waals surface area (Å²) in [5.74, 6) is 2.44. The van der Waals surface area contributed by atoms with E-state index in [4.69, 9.17) is 9.47 Å². The maximum absolute atomic E-state index is 13.4. The van der Waals surface area contributed by atoms with Gasteiger partial charge in [-0.2, -0.15) is 0 Å². The summed E-state index contributed by atoms with van der Waals surface area (Å²) in [4.78, 5) is 15.4. The fraction of sp³-hybridized carbons (Fsp3) is 0.381. The van der Waals surface area contributed by atoms with Crippen LogP contribution in [0, 0.1) is 11.8 Å². The number of nitrogens with one attached hydrogen (secondary N) is 1. The lowest BCUT2D eigenvalue weighted by Crippen LogP contribution is -2.34. The molecule has 0 bridgehead atoms. The predicted molar refractivity (Wildman–Crippen MR) is 97.5 cm³/mol. The molecule has 134 valence electrons. The summed E-state index contributed by atoms with van der Waals surface area (Å²) >= 11 is 0. The van der Waals surface area contributed by atoms with Crippen LogP contribution in [0.4, 0.5) is 0 Å². The van der Waals surface area contributed by atoms with Gasteiger partial charge in [-0.25, -0.2) is 0 Å². The number of hydrogen-bond donors (Lipinski definition) is 1. The largest absolute Gasteiger partial charge is 0.486 e. The zero-order valence-corrected chi connectivity index (χ0v) is 14.6. The molecule has 0 saturated carbocycles. The Balaban J connectivity index is 1.48. The van der Waals surface area contributed by atoms with Crippen LogP contribution in [0.25, 0.3) is 0 Å². The molecule has 0 aliphatic carbocycles. The fourth-order valence-electron chi connectivity index (χ4n) is 4.55. The Kier molecular flexibility index (Phi) is 3.82. The maximum Gasteiger partial charge on any atom is 0.254 e. The van der Waals surface area contributed by atoms with Crippen LogP contribution in [-0.2, 0) is 0 Å². The summed E-state index contributed by atoms with van der Waals surface area (Å²) in [6.07, 6.45) is 0. The van der Waals surface area contributed by atoms with Crippen molar-refractivity contribution < 1.29 is 14.3 Å². The highest BCUT2D eigenvalue weighted by atomic mass is 16.6. The number of amides is 1. The molecule has 5 rings (SSSR count). The Morgan fingerprint density at radius 1 is 1.00 bits per heavy atom. The van der Waals surface area contributed by atoms with Gasteiger partial charge in [-0.1, -0.05) is 30.3 Å². The molecule has 2 fully saturated rings. The second kappa shape index (κ2) is 6.32. The molecule has 0 spiro atoms. The van der Waals surface area contributed by atoms with Crippen LogP contribution in [-0.4, -0.2) is 43.7 Å². The van der Waals surface area contributed by atoms with Gasteiger partial charge in [-0.05, 0) is 29.7 Å². The van der Waals surface area contributed by atoms with Crippen molar-refractivity contribution in [1.29, 1.82) is 0 Å². The molecular weight excluding hydrogens is 328 g/mol. The van der Waals surface area contributed by atoms with Crippen molar-refractivity contribution in [3.8, 4) is 11.5 Å². The van der Waals surface area contributed by atoms with Gasteiger partial charge in [-0.15, -0.1) is 0 Å². The average Bonchev–Trinajstić information content (AvgIpc) is 3.29. The van der Waals surface area contributed by atoms with Crippen LogP contribution in [0.5, 0.6) is 11.5 Å².